The van der Waals surface area contributed by atoms with Gasteiger partial charge >= 0.3 is 0 Å². The van der Waals surface area contributed by atoms with Crippen LogP contribution in [0.1, 0.15) is 31.3 Å². The molecule has 4 nitrogen and oxygen atoms in total. The van der Waals surface area contributed by atoms with E-state index < -0.39 is 17.7 Å². The fourth-order valence-electron chi connectivity index (χ4n) is 1.95. The maximum Gasteiger partial charge on any atom is 0.223 e. The smallest absolute Gasteiger partial charge is 0.223 e. The second-order valence-electron chi connectivity index (χ2n) is 5.17. The molecule has 0 spiro atoms. The number of carbonyl (C=O) groups excluding carboxylic acids is 1. The molecular weight excluding hydrogens is 276 g/mol. The minimum Gasteiger partial charge on any atom is -0.342 e. The Balaban J connectivity index is 2.42. The molecule has 0 radical (unpaired) electrons. The van der Waals surface area contributed by atoms with E-state index in [2.05, 4.69) is 10.3 Å². The van der Waals surface area contributed by atoms with Gasteiger partial charge in [-0.1, -0.05) is 19.9 Å². The zero-order chi connectivity index (χ0) is 15.6. The summed E-state index contributed by atoms with van der Waals surface area (Å²) in [5.74, 6) is -1.74. The van der Waals surface area contributed by atoms with E-state index in [1.807, 2.05) is 0 Å². The van der Waals surface area contributed by atoms with Crippen molar-refractivity contribution in [3.05, 3.63) is 53.6 Å². The monoisotopic (exact) mass is 293 g/mol. The first kappa shape index (κ1) is 15.2. The molecule has 1 aromatic carbocycles. The Bertz CT molecular complexity index is 652. The number of halogens is 2. The molecular formula is C15H17F2N3O. The van der Waals surface area contributed by atoms with Crippen molar-refractivity contribution in [2.45, 2.75) is 19.9 Å². The summed E-state index contributed by atoms with van der Waals surface area (Å²) in [5, 5.41) is 2.81. The van der Waals surface area contributed by atoms with Crippen molar-refractivity contribution < 1.29 is 13.6 Å². The van der Waals surface area contributed by atoms with Gasteiger partial charge in [0.15, 0.2) is 11.6 Å². The van der Waals surface area contributed by atoms with E-state index >= 15 is 0 Å². The average molecular weight is 293 g/mol. The number of hydrogen-bond acceptors (Lipinski definition) is 2. The average Bonchev–Trinajstić information content (AvgIpc) is 2.85. The Morgan fingerprint density at radius 3 is 2.52 bits per heavy atom. The molecule has 1 amide bonds. The number of amides is 1. The van der Waals surface area contributed by atoms with Crippen LogP contribution in [0.3, 0.4) is 0 Å². The van der Waals surface area contributed by atoms with E-state index in [-0.39, 0.29) is 11.8 Å². The Labute approximate surface area is 121 Å². The second-order valence-corrected chi connectivity index (χ2v) is 5.17. The Morgan fingerprint density at radius 1 is 1.29 bits per heavy atom. The van der Waals surface area contributed by atoms with Gasteiger partial charge < -0.3 is 9.88 Å². The third-order valence-electron chi connectivity index (χ3n) is 3.20. The molecule has 0 bridgehead atoms. The molecule has 0 aliphatic rings. The summed E-state index contributed by atoms with van der Waals surface area (Å²) in [4.78, 5) is 16.2. The largest absolute Gasteiger partial charge is 0.342 e. The van der Waals surface area contributed by atoms with Crippen LogP contribution < -0.4 is 5.32 Å². The van der Waals surface area contributed by atoms with E-state index in [0.29, 0.717) is 11.4 Å². The lowest BCUT2D eigenvalue weighted by molar-refractivity contribution is -0.124. The van der Waals surface area contributed by atoms with Crippen molar-refractivity contribution in [1.29, 1.82) is 0 Å². The first-order valence-corrected chi connectivity index (χ1v) is 6.62. The Morgan fingerprint density at radius 2 is 2.00 bits per heavy atom. The third-order valence-corrected chi connectivity index (χ3v) is 3.20. The lowest BCUT2D eigenvalue weighted by Gasteiger charge is -2.20. The summed E-state index contributed by atoms with van der Waals surface area (Å²) in [7, 11) is 1.77. The molecule has 0 unspecified atom stereocenters. The summed E-state index contributed by atoms with van der Waals surface area (Å²) < 4.78 is 28.3. The molecule has 6 heteroatoms. The van der Waals surface area contributed by atoms with Crippen molar-refractivity contribution in [2.75, 3.05) is 0 Å². The van der Waals surface area contributed by atoms with Gasteiger partial charge in [-0.25, -0.2) is 13.8 Å². The first-order valence-electron chi connectivity index (χ1n) is 6.62. The number of aryl methyl sites for hydroxylation is 1. The lowest BCUT2D eigenvalue weighted by atomic mass is 10.0. The van der Waals surface area contributed by atoms with Crippen LogP contribution in [0.2, 0.25) is 0 Å². The number of nitrogens with zero attached hydrogens (tertiary/aromatic N) is 2. The van der Waals surface area contributed by atoms with Crippen LogP contribution in [0.15, 0.2) is 30.6 Å². The summed E-state index contributed by atoms with van der Waals surface area (Å²) in [5.41, 5.74) is 0.442. The number of carbonyl (C=O) groups is 1. The highest BCUT2D eigenvalue weighted by Gasteiger charge is 2.23. The van der Waals surface area contributed by atoms with Gasteiger partial charge in [0.05, 0.1) is 0 Å². The zero-order valence-electron chi connectivity index (χ0n) is 12.1. The molecule has 0 aliphatic carbocycles. The van der Waals surface area contributed by atoms with E-state index in [1.165, 1.54) is 6.07 Å². The quantitative estimate of drug-likeness (QED) is 0.941. The SMILES string of the molecule is CC(C)C(=O)N[C@@H](c1ccc(F)c(F)c1)c1nccn1C. The molecule has 1 N–H and O–H groups in total. The van der Waals surface area contributed by atoms with E-state index in [9.17, 15) is 13.6 Å². The summed E-state index contributed by atoms with van der Waals surface area (Å²) in [6.07, 6.45) is 3.31. The Kier molecular flexibility index (Phi) is 4.35. The van der Waals surface area contributed by atoms with Gasteiger partial charge in [0.2, 0.25) is 5.91 Å². The lowest BCUT2D eigenvalue weighted by Crippen LogP contribution is -2.34. The van der Waals surface area contributed by atoms with Crippen molar-refractivity contribution in [3.8, 4) is 0 Å². The fraction of sp³-hybridized carbons (Fsp3) is 0.333. The van der Waals surface area contributed by atoms with Crippen molar-refractivity contribution in [1.82, 2.24) is 14.9 Å². The maximum absolute atomic E-state index is 13.5. The highest BCUT2D eigenvalue weighted by atomic mass is 19.2. The number of rotatable bonds is 4. The topological polar surface area (TPSA) is 46.9 Å². The molecule has 2 rings (SSSR count). The van der Waals surface area contributed by atoms with Crippen LogP contribution in [-0.2, 0) is 11.8 Å². The highest BCUT2D eigenvalue weighted by molar-refractivity contribution is 5.78. The predicted octanol–water partition coefficient (Wildman–Crippen LogP) is 2.56. The molecule has 112 valence electrons. The van der Waals surface area contributed by atoms with Crippen LogP contribution in [0, 0.1) is 17.6 Å². The number of nitrogens with one attached hydrogen (secondary N) is 1. The van der Waals surface area contributed by atoms with Crippen LogP contribution in [-0.4, -0.2) is 15.5 Å². The van der Waals surface area contributed by atoms with E-state index in [1.54, 1.807) is 37.9 Å². The molecule has 0 saturated heterocycles. The van der Waals surface area contributed by atoms with Crippen LogP contribution in [0.25, 0.3) is 0 Å². The van der Waals surface area contributed by atoms with Crippen LogP contribution >= 0.6 is 0 Å². The van der Waals surface area contributed by atoms with Gasteiger partial charge in [0.1, 0.15) is 11.9 Å². The molecule has 0 saturated carbocycles. The summed E-state index contributed by atoms with van der Waals surface area (Å²) >= 11 is 0. The molecule has 0 aliphatic heterocycles. The molecule has 2 aromatic rings. The molecule has 0 fully saturated rings. The predicted molar refractivity (Wildman–Crippen MR) is 74.4 cm³/mol. The normalized spacial score (nSPS) is 12.5. The van der Waals surface area contributed by atoms with Gasteiger partial charge in [-0.05, 0) is 17.7 Å². The number of hydrogen-bond donors (Lipinski definition) is 1. The third kappa shape index (κ3) is 3.26. The zero-order valence-corrected chi connectivity index (χ0v) is 12.1. The van der Waals surface area contributed by atoms with Crippen LogP contribution in [0.5, 0.6) is 0 Å². The molecule has 1 aromatic heterocycles. The van der Waals surface area contributed by atoms with Crippen LogP contribution in [0.4, 0.5) is 8.78 Å². The standard InChI is InChI=1S/C15H17F2N3O/c1-9(2)15(21)19-13(14-18-6-7-20(14)3)10-4-5-11(16)12(17)8-10/h4-9,13H,1-3H3,(H,19,21)/t13-/m0/s1. The van der Waals surface area contributed by atoms with Crippen molar-refractivity contribution in [2.24, 2.45) is 13.0 Å². The number of aromatic nitrogens is 2. The number of benzene rings is 1. The van der Waals surface area contributed by atoms with Gasteiger partial charge in [-0.3, -0.25) is 4.79 Å². The van der Waals surface area contributed by atoms with Gasteiger partial charge in [-0.15, -0.1) is 0 Å². The van der Waals surface area contributed by atoms with E-state index in [4.69, 9.17) is 0 Å². The van der Waals surface area contributed by atoms with Crippen molar-refractivity contribution in [3.63, 3.8) is 0 Å². The fourth-order valence-corrected chi connectivity index (χ4v) is 1.95. The summed E-state index contributed by atoms with van der Waals surface area (Å²) in [6.45, 7) is 3.52. The summed E-state index contributed by atoms with van der Waals surface area (Å²) in [6, 6.07) is 2.94. The van der Waals surface area contributed by atoms with E-state index in [0.717, 1.165) is 12.1 Å². The maximum atomic E-state index is 13.5. The van der Waals surface area contributed by atoms with Gasteiger partial charge in [-0.2, -0.15) is 0 Å². The second kappa shape index (κ2) is 6.03. The molecule has 1 atom stereocenters. The van der Waals surface area contributed by atoms with Crippen molar-refractivity contribution >= 4 is 5.91 Å². The minimum absolute atomic E-state index is 0.187. The minimum atomic E-state index is -0.953. The van der Waals surface area contributed by atoms with Gasteiger partial charge in [0.25, 0.3) is 0 Å². The number of imidazole rings is 1. The van der Waals surface area contributed by atoms with Gasteiger partial charge in [0, 0.05) is 25.4 Å². The highest BCUT2D eigenvalue weighted by Crippen LogP contribution is 2.22. The first-order chi connectivity index (χ1) is 9.90. The Hall–Kier alpha value is -2.24. The molecule has 1 heterocycles. The molecule has 21 heavy (non-hydrogen) atoms.